The highest BCUT2D eigenvalue weighted by atomic mass is 16.4. The lowest BCUT2D eigenvalue weighted by Crippen LogP contribution is -2.22. The maximum Gasteiger partial charge on any atom is 0.356 e. The fourth-order valence-corrected chi connectivity index (χ4v) is 1.27. The van der Waals surface area contributed by atoms with Gasteiger partial charge in [0.2, 0.25) is 0 Å². The van der Waals surface area contributed by atoms with Crippen LogP contribution in [0, 0.1) is 0 Å². The van der Waals surface area contributed by atoms with Gasteiger partial charge in [0.25, 0.3) is 5.95 Å². The molecule has 0 saturated heterocycles. The molecule has 0 radical (unpaired) electrons. The van der Waals surface area contributed by atoms with E-state index >= 15 is 0 Å². The minimum absolute atomic E-state index is 0.000709. The quantitative estimate of drug-likeness (QED) is 0.706. The Kier molecular flexibility index (Phi) is 3.32. The summed E-state index contributed by atoms with van der Waals surface area (Å²) < 4.78 is 0. The third kappa shape index (κ3) is 3.00. The Bertz CT molecular complexity index is 624. The zero-order valence-corrected chi connectivity index (χ0v) is 9.73. The number of carbonyl (C=O) groups excluding carboxylic acids is 1. The van der Waals surface area contributed by atoms with E-state index < -0.39 is 12.0 Å². The van der Waals surface area contributed by atoms with Crippen molar-refractivity contribution >= 4 is 23.6 Å². The van der Waals surface area contributed by atoms with Crippen LogP contribution in [0.1, 0.15) is 10.5 Å². The highest BCUT2D eigenvalue weighted by Crippen LogP contribution is 2.12. The third-order valence-electron chi connectivity index (χ3n) is 1.99. The predicted octanol–water partition coefficient (Wildman–Crippen LogP) is -0.0527. The molecule has 0 aliphatic carbocycles. The molecule has 0 fully saturated rings. The molecule has 0 aliphatic rings. The molecular weight excluding hydrogens is 254 g/mol. The summed E-state index contributed by atoms with van der Waals surface area (Å²) in [6.45, 7) is 0. The smallest absolute Gasteiger partial charge is 0.356 e. The number of carboxylic acid groups (broad SMARTS) is 1. The second-order valence-corrected chi connectivity index (χ2v) is 3.39. The van der Waals surface area contributed by atoms with E-state index in [1.165, 1.54) is 23.1 Å². The fourth-order valence-electron chi connectivity index (χ4n) is 1.27. The van der Waals surface area contributed by atoms with Crippen LogP contribution >= 0.6 is 0 Å². The molecule has 0 bridgehead atoms. The van der Waals surface area contributed by atoms with Gasteiger partial charge in [-0.2, -0.15) is 4.80 Å². The lowest BCUT2D eigenvalue weighted by molar-refractivity contribution is 0.0692. The van der Waals surface area contributed by atoms with Gasteiger partial charge < -0.3 is 10.4 Å². The topological polar surface area (TPSA) is 135 Å². The number of amides is 2. The molecule has 10 nitrogen and oxygen atoms in total. The summed E-state index contributed by atoms with van der Waals surface area (Å²) in [5, 5.41) is 24.4. The molecule has 19 heavy (non-hydrogen) atoms. The van der Waals surface area contributed by atoms with Crippen molar-refractivity contribution in [1.29, 1.82) is 0 Å². The van der Waals surface area contributed by atoms with E-state index in [2.05, 4.69) is 31.0 Å². The number of carbonyl (C=O) groups is 2. The molecule has 2 rings (SSSR count). The molecule has 3 N–H and O–H groups in total. The Morgan fingerprint density at radius 1 is 1.37 bits per heavy atom. The summed E-state index contributed by atoms with van der Waals surface area (Å²) in [7, 11) is 1.54. The molecule has 98 valence electrons. The van der Waals surface area contributed by atoms with Crippen LogP contribution in [0.2, 0.25) is 0 Å². The van der Waals surface area contributed by atoms with E-state index in [0.29, 0.717) is 0 Å². The van der Waals surface area contributed by atoms with Crippen LogP contribution in [0.25, 0.3) is 0 Å². The average molecular weight is 263 g/mol. The second-order valence-electron chi connectivity index (χ2n) is 3.39. The van der Waals surface area contributed by atoms with Crippen molar-refractivity contribution in [2.45, 2.75) is 0 Å². The Labute approximate surface area is 106 Å². The fraction of sp³-hybridized carbons (Fsp3) is 0.111. The Morgan fingerprint density at radius 2 is 2.16 bits per heavy atom. The Balaban J connectivity index is 2.09. The zero-order chi connectivity index (χ0) is 13.8. The number of aromatic carboxylic acids is 1. The largest absolute Gasteiger partial charge is 0.476 e. The van der Waals surface area contributed by atoms with Gasteiger partial charge in [-0.15, -0.1) is 5.10 Å². The molecule has 2 heterocycles. The number of nitrogens with one attached hydrogen (secondary N) is 2. The summed E-state index contributed by atoms with van der Waals surface area (Å²) in [6, 6.07) is 2.23. The number of hydrogen-bond acceptors (Lipinski definition) is 6. The van der Waals surface area contributed by atoms with Gasteiger partial charge in [0.1, 0.15) is 0 Å². The molecule has 0 unspecified atom stereocenters. The van der Waals surface area contributed by atoms with Gasteiger partial charge in [-0.3, -0.25) is 5.32 Å². The van der Waals surface area contributed by atoms with Crippen LogP contribution < -0.4 is 10.6 Å². The van der Waals surface area contributed by atoms with Crippen molar-refractivity contribution in [2.75, 3.05) is 10.6 Å². The lowest BCUT2D eigenvalue weighted by Gasteiger charge is -2.06. The van der Waals surface area contributed by atoms with Crippen LogP contribution in [-0.2, 0) is 7.05 Å². The summed E-state index contributed by atoms with van der Waals surface area (Å²) in [4.78, 5) is 27.3. The van der Waals surface area contributed by atoms with Gasteiger partial charge in [-0.25, -0.2) is 14.6 Å². The van der Waals surface area contributed by atoms with Gasteiger partial charge in [0.15, 0.2) is 5.69 Å². The van der Waals surface area contributed by atoms with Crippen LogP contribution in [0.4, 0.5) is 16.4 Å². The molecule has 2 aromatic heterocycles. The maximum atomic E-state index is 11.6. The number of anilines is 2. The monoisotopic (exact) mass is 263 g/mol. The number of aryl methyl sites for hydroxylation is 1. The van der Waals surface area contributed by atoms with E-state index in [1.54, 1.807) is 7.05 Å². The van der Waals surface area contributed by atoms with Crippen molar-refractivity contribution in [3.8, 4) is 0 Å². The normalized spacial score (nSPS) is 9.95. The first kappa shape index (κ1) is 12.4. The van der Waals surface area contributed by atoms with Crippen LogP contribution in [0.3, 0.4) is 0 Å². The molecule has 10 heteroatoms. The van der Waals surface area contributed by atoms with Gasteiger partial charge in [0.05, 0.1) is 12.7 Å². The minimum Gasteiger partial charge on any atom is -0.476 e. The summed E-state index contributed by atoms with van der Waals surface area (Å²) in [5.41, 5.74) is -0.193. The first-order valence-corrected chi connectivity index (χ1v) is 5.06. The number of aromatic nitrogens is 5. The maximum absolute atomic E-state index is 11.6. The number of pyridine rings is 1. The van der Waals surface area contributed by atoms with Crippen LogP contribution in [0.15, 0.2) is 18.3 Å². The second kappa shape index (κ2) is 5.08. The van der Waals surface area contributed by atoms with E-state index in [-0.39, 0.29) is 17.3 Å². The molecule has 0 aliphatic heterocycles. The Morgan fingerprint density at radius 3 is 2.79 bits per heavy atom. The predicted molar refractivity (Wildman–Crippen MR) is 62.6 cm³/mol. The van der Waals surface area contributed by atoms with Gasteiger partial charge in [-0.05, 0) is 17.3 Å². The number of rotatable bonds is 3. The van der Waals surface area contributed by atoms with Crippen molar-refractivity contribution in [2.24, 2.45) is 7.05 Å². The molecule has 0 aromatic carbocycles. The minimum atomic E-state index is -1.24. The van der Waals surface area contributed by atoms with Crippen molar-refractivity contribution in [3.05, 3.63) is 24.0 Å². The van der Waals surface area contributed by atoms with Crippen LogP contribution in [-0.4, -0.2) is 42.3 Å². The molecule has 0 saturated carbocycles. The summed E-state index contributed by atoms with van der Waals surface area (Å²) in [6.07, 6.45) is 1.32. The van der Waals surface area contributed by atoms with Gasteiger partial charge in [0, 0.05) is 6.20 Å². The highest BCUT2D eigenvalue weighted by Gasteiger charge is 2.14. The SMILES string of the molecule is Cn1nnc(NC(=O)Nc2cccnc2C(=O)O)n1. The number of hydrogen-bond donors (Lipinski definition) is 3. The van der Waals surface area contributed by atoms with Crippen LogP contribution in [0.5, 0.6) is 0 Å². The highest BCUT2D eigenvalue weighted by molar-refractivity contribution is 6.03. The molecular formula is C9H9N7O3. The van der Waals surface area contributed by atoms with Gasteiger partial charge in [-0.1, -0.05) is 5.10 Å². The molecule has 2 amide bonds. The Hall–Kier alpha value is -3.04. The van der Waals surface area contributed by atoms with Gasteiger partial charge >= 0.3 is 12.0 Å². The van der Waals surface area contributed by atoms with E-state index in [4.69, 9.17) is 5.11 Å². The summed E-state index contributed by atoms with van der Waals surface area (Å²) >= 11 is 0. The van der Waals surface area contributed by atoms with E-state index in [1.807, 2.05) is 0 Å². The molecule has 0 atom stereocenters. The number of tetrazole rings is 1. The summed E-state index contributed by atoms with van der Waals surface area (Å²) in [5.74, 6) is -1.24. The first-order valence-electron chi connectivity index (χ1n) is 5.06. The standard InChI is InChI=1S/C9H9N7O3/c1-16-14-8(13-15-16)12-9(19)11-5-3-2-4-10-6(5)7(17)18/h2-4H,1H3,(H,17,18)(H2,11,12,14,19). The zero-order valence-electron chi connectivity index (χ0n) is 9.73. The van der Waals surface area contributed by atoms with Crippen molar-refractivity contribution in [3.63, 3.8) is 0 Å². The number of urea groups is 1. The lowest BCUT2D eigenvalue weighted by atomic mass is 10.3. The molecule has 2 aromatic rings. The van der Waals surface area contributed by atoms with E-state index in [0.717, 1.165) is 0 Å². The average Bonchev–Trinajstić information content (AvgIpc) is 2.75. The number of nitrogens with zero attached hydrogens (tertiary/aromatic N) is 5. The number of carboxylic acids is 1. The first-order chi connectivity index (χ1) is 9.06. The molecule has 0 spiro atoms. The van der Waals surface area contributed by atoms with Crippen molar-refractivity contribution in [1.82, 2.24) is 25.2 Å². The van der Waals surface area contributed by atoms with E-state index in [9.17, 15) is 9.59 Å². The van der Waals surface area contributed by atoms with Crippen molar-refractivity contribution < 1.29 is 14.7 Å². The third-order valence-corrected chi connectivity index (χ3v) is 1.99.